The number of benzene rings is 1. The predicted octanol–water partition coefficient (Wildman–Crippen LogP) is 6.79. The van der Waals surface area contributed by atoms with Crippen molar-refractivity contribution in [1.82, 2.24) is 14.8 Å². The molecule has 3 heterocycles. The van der Waals surface area contributed by atoms with Crippen LogP contribution in [0.5, 0.6) is 17.4 Å². The van der Waals surface area contributed by atoms with Gasteiger partial charge >= 0.3 is 18.4 Å². The van der Waals surface area contributed by atoms with Crippen molar-refractivity contribution >= 4 is 5.97 Å². The Morgan fingerprint density at radius 3 is 2.56 bits per heavy atom. The van der Waals surface area contributed by atoms with Crippen LogP contribution >= 0.6 is 0 Å². The number of hydrogen-bond acceptors (Lipinski definition) is 7. The van der Waals surface area contributed by atoms with Crippen LogP contribution in [0.3, 0.4) is 0 Å². The highest BCUT2D eigenvalue weighted by Gasteiger charge is 2.44. The molecule has 1 unspecified atom stereocenters. The SMILES string of the molecule is CC(Oc1cc(-n2nc(C(F)(F)F)c3c2[C@H](O[C@H]2CC[C@H](C(=O)O)CC2)CCC3)ccn1)c1ccc2c(c1)OC(F)(F)O2. The van der Waals surface area contributed by atoms with Gasteiger partial charge in [0.15, 0.2) is 17.2 Å². The third-order valence-corrected chi connectivity index (χ3v) is 8.03. The molecular weight excluding hydrogens is 581 g/mol. The van der Waals surface area contributed by atoms with Gasteiger partial charge in [-0.1, -0.05) is 6.07 Å². The number of aliphatic carboxylic acids is 1. The van der Waals surface area contributed by atoms with Crippen molar-refractivity contribution in [2.75, 3.05) is 0 Å². The van der Waals surface area contributed by atoms with E-state index in [4.69, 9.17) is 9.47 Å². The summed E-state index contributed by atoms with van der Waals surface area (Å²) in [5.41, 5.74) is 0.164. The molecule has 1 N–H and O–H groups in total. The number of carboxylic acids is 1. The Labute approximate surface area is 242 Å². The zero-order valence-corrected chi connectivity index (χ0v) is 22.9. The molecule has 0 spiro atoms. The zero-order valence-electron chi connectivity index (χ0n) is 22.9. The van der Waals surface area contributed by atoms with E-state index in [0.29, 0.717) is 49.8 Å². The van der Waals surface area contributed by atoms with Gasteiger partial charge in [-0.25, -0.2) is 9.67 Å². The summed E-state index contributed by atoms with van der Waals surface area (Å²) >= 11 is 0. The van der Waals surface area contributed by atoms with Gasteiger partial charge in [-0.2, -0.15) is 18.3 Å². The monoisotopic (exact) mass is 609 g/mol. The largest absolute Gasteiger partial charge is 0.586 e. The van der Waals surface area contributed by atoms with Gasteiger partial charge in [-0.15, -0.1) is 8.78 Å². The average Bonchev–Trinajstić information content (AvgIpc) is 3.50. The summed E-state index contributed by atoms with van der Waals surface area (Å²) in [4.78, 5) is 15.5. The molecule has 9 nitrogen and oxygen atoms in total. The lowest BCUT2D eigenvalue weighted by Gasteiger charge is -2.32. The number of aromatic nitrogens is 3. The van der Waals surface area contributed by atoms with Gasteiger partial charge in [-0.05, 0) is 75.6 Å². The van der Waals surface area contributed by atoms with Crippen LogP contribution in [0, 0.1) is 5.92 Å². The van der Waals surface area contributed by atoms with E-state index in [-0.39, 0.29) is 41.2 Å². The van der Waals surface area contributed by atoms with E-state index >= 15 is 0 Å². The van der Waals surface area contributed by atoms with E-state index in [1.807, 2.05) is 0 Å². The Hall–Kier alpha value is -3.94. The standard InChI is InChI=1S/C29H28F5N3O6/c1-15(17-7-10-21-23(13-17)43-29(33,34)42-21)40-24-14-18(11-12-35-24)37-25-20(26(36-37)28(30,31)32)3-2-4-22(25)41-19-8-5-16(6-9-19)27(38)39/h7,10-16,19,22H,2-6,8-9H2,1H3,(H,38,39)/t15?,16-,19-,22-/m1/s1. The quantitative estimate of drug-likeness (QED) is 0.292. The van der Waals surface area contributed by atoms with Crippen LogP contribution in [-0.4, -0.2) is 38.2 Å². The first kappa shape index (κ1) is 29.1. The molecule has 3 aliphatic rings. The second-order valence-corrected chi connectivity index (χ2v) is 10.9. The summed E-state index contributed by atoms with van der Waals surface area (Å²) in [6, 6.07) is 7.18. The molecule has 0 bridgehead atoms. The maximum atomic E-state index is 14.1. The molecule has 14 heteroatoms. The fourth-order valence-corrected chi connectivity index (χ4v) is 5.94. The van der Waals surface area contributed by atoms with Crippen LogP contribution in [-0.2, 0) is 22.1 Å². The average molecular weight is 610 g/mol. The molecule has 2 aromatic heterocycles. The third kappa shape index (κ3) is 5.97. The van der Waals surface area contributed by atoms with Crippen molar-refractivity contribution in [3.63, 3.8) is 0 Å². The van der Waals surface area contributed by atoms with E-state index < -0.39 is 42.3 Å². The number of ether oxygens (including phenoxy) is 4. The minimum absolute atomic E-state index is 0.0751. The van der Waals surface area contributed by atoms with Crippen molar-refractivity contribution in [2.45, 2.75) is 82.7 Å². The predicted molar refractivity (Wildman–Crippen MR) is 138 cm³/mol. The maximum absolute atomic E-state index is 14.1. The molecule has 2 aliphatic carbocycles. The Bertz CT molecular complexity index is 1520. The van der Waals surface area contributed by atoms with E-state index in [9.17, 15) is 31.9 Å². The van der Waals surface area contributed by atoms with Crippen LogP contribution in [0.2, 0.25) is 0 Å². The van der Waals surface area contributed by atoms with E-state index in [2.05, 4.69) is 19.6 Å². The number of pyridine rings is 1. The fraction of sp³-hybridized carbons (Fsp3) is 0.483. The number of alkyl halides is 5. The second kappa shape index (κ2) is 11.0. The summed E-state index contributed by atoms with van der Waals surface area (Å²) in [5.74, 6) is -1.48. The van der Waals surface area contributed by atoms with Crippen LogP contribution in [0.4, 0.5) is 22.0 Å². The molecule has 1 aliphatic heterocycles. The molecule has 1 fully saturated rings. The first-order chi connectivity index (χ1) is 20.4. The Kier molecular flexibility index (Phi) is 7.43. The molecule has 0 radical (unpaired) electrons. The number of rotatable bonds is 7. The van der Waals surface area contributed by atoms with E-state index in [1.54, 1.807) is 6.92 Å². The lowest BCUT2D eigenvalue weighted by Crippen LogP contribution is -2.29. The summed E-state index contributed by atoms with van der Waals surface area (Å²) in [6.45, 7) is 1.66. The van der Waals surface area contributed by atoms with Crippen LogP contribution in [0.1, 0.15) is 80.2 Å². The lowest BCUT2D eigenvalue weighted by atomic mass is 9.87. The summed E-state index contributed by atoms with van der Waals surface area (Å²) in [7, 11) is 0. The highest BCUT2D eigenvalue weighted by Crippen LogP contribution is 2.44. The van der Waals surface area contributed by atoms with Crippen molar-refractivity contribution in [1.29, 1.82) is 0 Å². The number of carboxylic acid groups (broad SMARTS) is 1. The molecule has 0 amide bonds. The molecular formula is C29H28F5N3O6. The molecule has 2 atom stereocenters. The number of fused-ring (bicyclic) bond motifs is 2. The van der Waals surface area contributed by atoms with Gasteiger partial charge in [0.25, 0.3) is 0 Å². The Balaban J connectivity index is 1.27. The van der Waals surface area contributed by atoms with E-state index in [0.717, 1.165) is 0 Å². The third-order valence-electron chi connectivity index (χ3n) is 8.03. The normalized spacial score (nSPS) is 23.4. The molecule has 1 saturated carbocycles. The minimum Gasteiger partial charge on any atom is -0.481 e. The smallest absolute Gasteiger partial charge is 0.481 e. The first-order valence-electron chi connectivity index (χ1n) is 14.0. The number of hydrogen-bond donors (Lipinski definition) is 1. The van der Waals surface area contributed by atoms with Crippen molar-refractivity contribution < 1.29 is 50.8 Å². The lowest BCUT2D eigenvalue weighted by molar-refractivity contribution is -0.286. The summed E-state index contributed by atoms with van der Waals surface area (Å²) in [6.07, 6.45) is -5.64. The van der Waals surface area contributed by atoms with Gasteiger partial charge in [0.1, 0.15) is 12.2 Å². The molecule has 3 aromatic rings. The number of carbonyl (C=O) groups is 1. The van der Waals surface area contributed by atoms with Gasteiger partial charge in [0, 0.05) is 17.8 Å². The van der Waals surface area contributed by atoms with Crippen molar-refractivity contribution in [3.8, 4) is 23.1 Å². The van der Waals surface area contributed by atoms with Gasteiger partial charge in [0.2, 0.25) is 5.88 Å². The molecule has 0 saturated heterocycles. The maximum Gasteiger partial charge on any atom is 0.586 e. The molecule has 230 valence electrons. The zero-order chi connectivity index (χ0) is 30.5. The highest BCUT2D eigenvalue weighted by atomic mass is 19.4. The van der Waals surface area contributed by atoms with Gasteiger partial charge in [0.05, 0.1) is 23.4 Å². The minimum atomic E-state index is -4.69. The Morgan fingerprint density at radius 2 is 1.84 bits per heavy atom. The Morgan fingerprint density at radius 1 is 1.09 bits per heavy atom. The van der Waals surface area contributed by atoms with Crippen LogP contribution in [0.15, 0.2) is 36.5 Å². The molecule has 6 rings (SSSR count). The first-order valence-corrected chi connectivity index (χ1v) is 14.0. The summed E-state index contributed by atoms with van der Waals surface area (Å²) in [5, 5.41) is 13.3. The summed E-state index contributed by atoms with van der Waals surface area (Å²) < 4.78 is 91.6. The van der Waals surface area contributed by atoms with Crippen LogP contribution in [0.25, 0.3) is 5.69 Å². The number of halogens is 5. The highest BCUT2D eigenvalue weighted by molar-refractivity contribution is 5.70. The van der Waals surface area contributed by atoms with Gasteiger partial charge in [-0.3, -0.25) is 4.79 Å². The van der Waals surface area contributed by atoms with Crippen molar-refractivity contribution in [3.05, 3.63) is 59.0 Å². The fourth-order valence-electron chi connectivity index (χ4n) is 5.94. The molecule has 1 aromatic carbocycles. The topological polar surface area (TPSA) is 105 Å². The van der Waals surface area contributed by atoms with Crippen LogP contribution < -0.4 is 14.2 Å². The van der Waals surface area contributed by atoms with E-state index in [1.165, 1.54) is 41.2 Å². The molecule has 43 heavy (non-hydrogen) atoms. The second-order valence-electron chi connectivity index (χ2n) is 10.9. The van der Waals surface area contributed by atoms with Crippen molar-refractivity contribution in [2.24, 2.45) is 5.92 Å². The van der Waals surface area contributed by atoms with Gasteiger partial charge < -0.3 is 24.1 Å². The number of nitrogens with zero attached hydrogens (tertiary/aromatic N) is 3.